The number of hydrogen-bond donors (Lipinski definition) is 3. The number of nitrogens with zero attached hydrogens (tertiary/aromatic N) is 2. The molecule has 0 aromatic heterocycles. The van der Waals surface area contributed by atoms with Crippen LogP contribution in [0, 0.1) is 17.3 Å². The molecule has 3 unspecified atom stereocenters. The van der Waals surface area contributed by atoms with E-state index in [0.717, 1.165) is 12.8 Å². The standard InChI is InChI=1S/C14H23N3O4/c15-12(16-20)14(3-5-21-6-4-14)13(19)17-7-9-1-2-11(18)10(9)8-17/h9-11,18,20H,1-8H2,(H2,15,16). The molecule has 2 heterocycles. The molecule has 3 aliphatic rings. The molecule has 4 N–H and O–H groups in total. The number of hydrogen-bond acceptors (Lipinski definition) is 5. The van der Waals surface area contributed by atoms with Crippen LogP contribution in [0.15, 0.2) is 5.16 Å². The predicted octanol–water partition coefficient (Wildman–Crippen LogP) is -0.241. The summed E-state index contributed by atoms with van der Waals surface area (Å²) < 4.78 is 5.32. The zero-order valence-electron chi connectivity index (χ0n) is 12.1. The van der Waals surface area contributed by atoms with E-state index < -0.39 is 5.41 Å². The Morgan fingerprint density at radius 1 is 1.29 bits per heavy atom. The minimum atomic E-state index is -0.948. The van der Waals surface area contributed by atoms with Crippen molar-refractivity contribution in [2.75, 3.05) is 26.3 Å². The van der Waals surface area contributed by atoms with Crippen LogP contribution in [0.4, 0.5) is 0 Å². The number of amidine groups is 1. The van der Waals surface area contributed by atoms with Crippen molar-refractivity contribution in [3.05, 3.63) is 0 Å². The van der Waals surface area contributed by atoms with Crippen molar-refractivity contribution in [1.82, 2.24) is 4.90 Å². The lowest BCUT2D eigenvalue weighted by atomic mass is 9.77. The third-order valence-corrected chi connectivity index (χ3v) is 5.46. The van der Waals surface area contributed by atoms with Crippen molar-refractivity contribution < 1.29 is 19.8 Å². The molecule has 1 amide bonds. The molecule has 0 aromatic rings. The number of oxime groups is 1. The van der Waals surface area contributed by atoms with Gasteiger partial charge in [-0.05, 0) is 31.6 Å². The number of likely N-dealkylation sites (tertiary alicyclic amines) is 1. The lowest BCUT2D eigenvalue weighted by Gasteiger charge is -2.37. The second-order valence-electron chi connectivity index (χ2n) is 6.46. The first kappa shape index (κ1) is 14.6. The van der Waals surface area contributed by atoms with E-state index in [1.54, 1.807) is 4.90 Å². The van der Waals surface area contributed by atoms with Crippen LogP contribution in [-0.4, -0.2) is 59.4 Å². The van der Waals surface area contributed by atoms with E-state index in [4.69, 9.17) is 15.7 Å². The monoisotopic (exact) mass is 297 g/mol. The molecule has 0 bridgehead atoms. The Morgan fingerprint density at radius 3 is 2.62 bits per heavy atom. The van der Waals surface area contributed by atoms with Gasteiger partial charge in [0.05, 0.1) is 6.10 Å². The summed E-state index contributed by atoms with van der Waals surface area (Å²) in [6, 6.07) is 0. The first-order valence-electron chi connectivity index (χ1n) is 7.61. The first-order valence-corrected chi connectivity index (χ1v) is 7.61. The van der Waals surface area contributed by atoms with Gasteiger partial charge in [0.2, 0.25) is 5.91 Å². The Balaban J connectivity index is 1.79. The Kier molecular flexibility index (Phi) is 3.79. The summed E-state index contributed by atoms with van der Waals surface area (Å²) in [7, 11) is 0. The molecule has 118 valence electrons. The topological polar surface area (TPSA) is 108 Å². The molecule has 1 saturated carbocycles. The van der Waals surface area contributed by atoms with Crippen LogP contribution in [0.2, 0.25) is 0 Å². The number of nitrogens with two attached hydrogens (primary N) is 1. The van der Waals surface area contributed by atoms with E-state index in [0.29, 0.717) is 45.1 Å². The largest absolute Gasteiger partial charge is 0.409 e. The molecule has 0 radical (unpaired) electrons. The third kappa shape index (κ3) is 2.28. The molecule has 7 nitrogen and oxygen atoms in total. The number of aliphatic hydroxyl groups excluding tert-OH is 1. The maximum atomic E-state index is 13.0. The van der Waals surface area contributed by atoms with Gasteiger partial charge in [-0.3, -0.25) is 4.79 Å². The van der Waals surface area contributed by atoms with E-state index >= 15 is 0 Å². The van der Waals surface area contributed by atoms with Crippen molar-refractivity contribution in [2.45, 2.75) is 31.8 Å². The Labute approximate surface area is 123 Å². The van der Waals surface area contributed by atoms with Gasteiger partial charge in [-0.25, -0.2) is 0 Å². The molecule has 0 spiro atoms. The summed E-state index contributed by atoms with van der Waals surface area (Å²) >= 11 is 0. The van der Waals surface area contributed by atoms with E-state index in [2.05, 4.69) is 5.16 Å². The van der Waals surface area contributed by atoms with Gasteiger partial charge >= 0.3 is 0 Å². The Morgan fingerprint density at radius 2 is 2.00 bits per heavy atom. The van der Waals surface area contributed by atoms with Gasteiger partial charge < -0.3 is 25.7 Å². The summed E-state index contributed by atoms with van der Waals surface area (Å²) in [6.07, 6.45) is 2.38. The molecule has 3 atom stereocenters. The van der Waals surface area contributed by atoms with E-state index in [1.807, 2.05) is 0 Å². The van der Waals surface area contributed by atoms with E-state index in [-0.39, 0.29) is 23.8 Å². The zero-order chi connectivity index (χ0) is 15.0. The van der Waals surface area contributed by atoms with Crippen molar-refractivity contribution in [1.29, 1.82) is 0 Å². The summed E-state index contributed by atoms with van der Waals surface area (Å²) in [4.78, 5) is 14.8. The molecule has 1 aliphatic carbocycles. The van der Waals surface area contributed by atoms with Crippen LogP contribution in [0.1, 0.15) is 25.7 Å². The van der Waals surface area contributed by atoms with Gasteiger partial charge in [-0.15, -0.1) is 0 Å². The Bertz CT molecular complexity index is 448. The minimum Gasteiger partial charge on any atom is -0.409 e. The van der Waals surface area contributed by atoms with Crippen molar-refractivity contribution in [3.8, 4) is 0 Å². The maximum absolute atomic E-state index is 13.0. The predicted molar refractivity (Wildman–Crippen MR) is 74.7 cm³/mol. The zero-order valence-corrected chi connectivity index (χ0v) is 12.1. The molecule has 2 saturated heterocycles. The van der Waals surface area contributed by atoms with Crippen LogP contribution < -0.4 is 5.73 Å². The molecular weight excluding hydrogens is 274 g/mol. The van der Waals surface area contributed by atoms with Crippen LogP contribution in [0.25, 0.3) is 0 Å². The van der Waals surface area contributed by atoms with Crippen LogP contribution in [-0.2, 0) is 9.53 Å². The summed E-state index contributed by atoms with van der Waals surface area (Å²) in [6.45, 7) is 2.12. The molecule has 3 fully saturated rings. The van der Waals surface area contributed by atoms with Gasteiger partial charge in [0.1, 0.15) is 5.41 Å². The molecule has 2 aliphatic heterocycles. The normalized spacial score (nSPS) is 35.8. The fourth-order valence-electron chi connectivity index (χ4n) is 4.10. The van der Waals surface area contributed by atoms with Gasteiger partial charge in [-0.1, -0.05) is 5.16 Å². The molecule has 3 rings (SSSR count). The third-order valence-electron chi connectivity index (χ3n) is 5.46. The van der Waals surface area contributed by atoms with Gasteiger partial charge in [0.15, 0.2) is 5.84 Å². The highest BCUT2D eigenvalue weighted by Crippen LogP contribution is 2.41. The SMILES string of the molecule is NC(=NO)C1(C(=O)N2CC3CCC(O)C3C2)CCOCC1. The number of rotatable bonds is 2. The number of fused-ring (bicyclic) bond motifs is 1. The average molecular weight is 297 g/mol. The van der Waals surface area contributed by atoms with E-state index in [1.165, 1.54) is 0 Å². The molecule has 7 heteroatoms. The lowest BCUT2D eigenvalue weighted by molar-refractivity contribution is -0.142. The maximum Gasteiger partial charge on any atom is 0.236 e. The van der Waals surface area contributed by atoms with Gasteiger partial charge in [0.25, 0.3) is 0 Å². The van der Waals surface area contributed by atoms with Crippen LogP contribution in [0.3, 0.4) is 0 Å². The summed E-state index contributed by atoms with van der Waals surface area (Å²) in [5, 5.41) is 22.1. The van der Waals surface area contributed by atoms with Crippen LogP contribution >= 0.6 is 0 Å². The van der Waals surface area contributed by atoms with Gasteiger partial charge in [0, 0.05) is 32.2 Å². The number of carbonyl (C=O) groups is 1. The summed E-state index contributed by atoms with van der Waals surface area (Å²) in [5.41, 5.74) is 4.89. The quantitative estimate of drug-likeness (QED) is 0.282. The highest BCUT2D eigenvalue weighted by molar-refractivity contribution is 6.07. The minimum absolute atomic E-state index is 0.0200. The average Bonchev–Trinajstić information content (AvgIpc) is 3.09. The fourth-order valence-corrected chi connectivity index (χ4v) is 4.10. The first-order chi connectivity index (χ1) is 10.1. The number of amides is 1. The molecule has 21 heavy (non-hydrogen) atoms. The van der Waals surface area contributed by atoms with Crippen molar-refractivity contribution in [2.24, 2.45) is 28.1 Å². The Hall–Kier alpha value is -1.34. The lowest BCUT2D eigenvalue weighted by Crippen LogP contribution is -2.53. The molecule has 0 aromatic carbocycles. The highest BCUT2D eigenvalue weighted by Gasteiger charge is 2.51. The van der Waals surface area contributed by atoms with Crippen molar-refractivity contribution in [3.63, 3.8) is 0 Å². The highest BCUT2D eigenvalue weighted by atomic mass is 16.5. The van der Waals surface area contributed by atoms with Crippen molar-refractivity contribution >= 4 is 11.7 Å². The fraction of sp³-hybridized carbons (Fsp3) is 0.857. The smallest absolute Gasteiger partial charge is 0.236 e. The second kappa shape index (κ2) is 5.46. The van der Waals surface area contributed by atoms with E-state index in [9.17, 15) is 9.90 Å². The number of carbonyl (C=O) groups excluding carboxylic acids is 1. The second-order valence-corrected chi connectivity index (χ2v) is 6.46. The number of aliphatic hydroxyl groups is 1. The molecular formula is C14H23N3O4. The van der Waals surface area contributed by atoms with Crippen LogP contribution in [0.5, 0.6) is 0 Å². The summed E-state index contributed by atoms with van der Waals surface area (Å²) in [5.74, 6) is 0.461. The number of ether oxygens (including phenoxy) is 1. The van der Waals surface area contributed by atoms with Gasteiger partial charge in [-0.2, -0.15) is 0 Å².